The van der Waals surface area contributed by atoms with Crippen molar-refractivity contribution in [3.8, 4) is 5.75 Å². The van der Waals surface area contributed by atoms with Crippen LogP contribution < -0.4 is 5.32 Å². The highest BCUT2D eigenvalue weighted by Crippen LogP contribution is 2.28. The topological polar surface area (TPSA) is 86.6 Å². The van der Waals surface area contributed by atoms with Gasteiger partial charge in [0.2, 0.25) is 5.91 Å². The molecule has 1 amide bonds. The molecular weight excluding hydrogens is 246 g/mol. The number of carboxylic acid groups (broad SMARTS) is 1. The number of rotatable bonds is 5. The number of carbonyl (C=O) groups excluding carboxylic acids is 1. The van der Waals surface area contributed by atoms with Crippen LogP contribution in [-0.4, -0.2) is 22.1 Å². The van der Waals surface area contributed by atoms with Crippen LogP contribution in [0.2, 0.25) is 0 Å². The van der Waals surface area contributed by atoms with Gasteiger partial charge in [-0.05, 0) is 31.4 Å². The molecule has 0 heterocycles. The van der Waals surface area contributed by atoms with Crippen LogP contribution in [0, 0.1) is 19.8 Å². The number of carbonyl (C=O) groups is 2. The second-order valence-electron chi connectivity index (χ2n) is 4.86. The summed E-state index contributed by atoms with van der Waals surface area (Å²) in [7, 11) is 0. The second-order valence-corrected chi connectivity index (χ2v) is 4.86. The van der Waals surface area contributed by atoms with Gasteiger partial charge >= 0.3 is 5.97 Å². The third-order valence-corrected chi connectivity index (χ3v) is 2.96. The summed E-state index contributed by atoms with van der Waals surface area (Å²) in [6.07, 6.45) is 0.103. The number of nitrogens with one attached hydrogen (secondary N) is 1. The van der Waals surface area contributed by atoms with Crippen molar-refractivity contribution in [2.45, 2.75) is 33.6 Å². The number of phenolic OH excluding ortho intramolecular Hbond substituents is 1. The Kier molecular flexibility index (Phi) is 4.92. The molecule has 1 aromatic rings. The Morgan fingerprint density at radius 1 is 1.26 bits per heavy atom. The van der Waals surface area contributed by atoms with Crippen LogP contribution in [0.3, 0.4) is 0 Å². The van der Waals surface area contributed by atoms with E-state index >= 15 is 0 Å². The van der Waals surface area contributed by atoms with E-state index in [2.05, 4.69) is 5.32 Å². The molecule has 0 bridgehead atoms. The van der Waals surface area contributed by atoms with Crippen molar-refractivity contribution in [3.05, 3.63) is 23.3 Å². The van der Waals surface area contributed by atoms with E-state index in [1.165, 1.54) is 0 Å². The van der Waals surface area contributed by atoms with Crippen molar-refractivity contribution < 1.29 is 19.8 Å². The second kappa shape index (κ2) is 6.22. The molecule has 1 rings (SSSR count). The van der Waals surface area contributed by atoms with Crippen LogP contribution in [0.4, 0.5) is 5.69 Å². The first kappa shape index (κ1) is 15.0. The maximum absolute atomic E-state index is 11.8. The van der Waals surface area contributed by atoms with Gasteiger partial charge in [-0.25, -0.2) is 0 Å². The fraction of sp³-hybridized carbons (Fsp3) is 0.429. The maximum atomic E-state index is 11.8. The molecule has 5 heteroatoms. The van der Waals surface area contributed by atoms with Crippen LogP contribution in [0.1, 0.15) is 30.9 Å². The first-order valence-corrected chi connectivity index (χ1v) is 6.12. The summed E-state index contributed by atoms with van der Waals surface area (Å²) in [5, 5.41) is 21.1. The van der Waals surface area contributed by atoms with Crippen LogP contribution in [0.15, 0.2) is 12.1 Å². The van der Waals surface area contributed by atoms with Crippen molar-refractivity contribution in [1.82, 2.24) is 0 Å². The summed E-state index contributed by atoms with van der Waals surface area (Å²) in [5.41, 5.74) is 1.91. The lowest BCUT2D eigenvalue weighted by molar-refractivity contribution is -0.138. The molecule has 3 N–H and O–H groups in total. The molecule has 0 aromatic heterocycles. The van der Waals surface area contributed by atoms with Gasteiger partial charge in [0, 0.05) is 24.1 Å². The largest absolute Gasteiger partial charge is 0.507 e. The summed E-state index contributed by atoms with van der Waals surface area (Å²) in [6, 6.07) is 3.45. The fourth-order valence-electron chi connectivity index (χ4n) is 1.86. The van der Waals surface area contributed by atoms with Crippen LogP contribution >= 0.6 is 0 Å². The van der Waals surface area contributed by atoms with Gasteiger partial charge in [0.15, 0.2) is 0 Å². The van der Waals surface area contributed by atoms with Crippen molar-refractivity contribution in [3.63, 3.8) is 0 Å². The fourth-order valence-corrected chi connectivity index (χ4v) is 1.86. The lowest BCUT2D eigenvalue weighted by atomic mass is 10.0. The third kappa shape index (κ3) is 4.28. The van der Waals surface area contributed by atoms with Crippen LogP contribution in [0.25, 0.3) is 0 Å². The number of hydrogen-bond acceptors (Lipinski definition) is 3. The highest BCUT2D eigenvalue weighted by Gasteiger charge is 2.14. The monoisotopic (exact) mass is 265 g/mol. The molecule has 104 valence electrons. The van der Waals surface area contributed by atoms with Crippen molar-refractivity contribution >= 4 is 17.6 Å². The number of aryl methyl sites for hydroxylation is 1. The molecule has 1 unspecified atom stereocenters. The Morgan fingerprint density at radius 3 is 2.47 bits per heavy atom. The summed E-state index contributed by atoms with van der Waals surface area (Å²) >= 11 is 0. The lowest BCUT2D eigenvalue weighted by Gasteiger charge is -2.13. The number of hydrogen-bond donors (Lipinski definition) is 3. The molecule has 0 aliphatic carbocycles. The van der Waals surface area contributed by atoms with Crippen molar-refractivity contribution in [1.29, 1.82) is 0 Å². The van der Waals surface area contributed by atoms with Gasteiger partial charge in [0.05, 0.1) is 0 Å². The van der Waals surface area contributed by atoms with E-state index in [0.29, 0.717) is 11.3 Å². The number of carboxylic acids is 1. The quantitative estimate of drug-likeness (QED) is 0.763. The van der Waals surface area contributed by atoms with E-state index in [-0.39, 0.29) is 30.4 Å². The van der Waals surface area contributed by atoms with Crippen molar-refractivity contribution in [2.75, 3.05) is 5.32 Å². The number of phenols is 1. The lowest BCUT2D eigenvalue weighted by Crippen LogP contribution is -2.17. The average molecular weight is 265 g/mol. The van der Waals surface area contributed by atoms with E-state index < -0.39 is 5.97 Å². The summed E-state index contributed by atoms with van der Waals surface area (Å²) in [4.78, 5) is 22.3. The Morgan fingerprint density at radius 2 is 1.89 bits per heavy atom. The zero-order chi connectivity index (χ0) is 14.6. The molecule has 19 heavy (non-hydrogen) atoms. The van der Waals surface area contributed by atoms with E-state index in [0.717, 1.165) is 5.56 Å². The minimum Gasteiger partial charge on any atom is -0.507 e. The van der Waals surface area contributed by atoms with Crippen LogP contribution in [0.5, 0.6) is 5.75 Å². The van der Waals surface area contributed by atoms with Crippen molar-refractivity contribution in [2.24, 2.45) is 5.92 Å². The Hall–Kier alpha value is -2.04. The molecule has 5 nitrogen and oxygen atoms in total. The summed E-state index contributed by atoms with van der Waals surface area (Å²) in [6.45, 7) is 5.22. The molecule has 1 aromatic carbocycles. The minimum atomic E-state index is -0.913. The Balaban J connectivity index is 2.67. The number of benzene rings is 1. The van der Waals surface area contributed by atoms with E-state index in [1.54, 1.807) is 32.9 Å². The summed E-state index contributed by atoms with van der Waals surface area (Å²) < 4.78 is 0. The first-order valence-electron chi connectivity index (χ1n) is 6.12. The zero-order valence-corrected chi connectivity index (χ0v) is 11.4. The molecule has 0 radical (unpaired) electrons. The number of aliphatic carboxylic acids is 1. The van der Waals surface area contributed by atoms with Gasteiger partial charge in [-0.2, -0.15) is 0 Å². The predicted molar refractivity (Wildman–Crippen MR) is 72.2 cm³/mol. The molecule has 0 aliphatic heterocycles. The molecule has 0 saturated heterocycles. The number of aromatic hydroxyl groups is 1. The molecular formula is C14H19NO4. The summed E-state index contributed by atoms with van der Waals surface area (Å²) in [5.74, 6) is -1.22. The molecule has 0 spiro atoms. The van der Waals surface area contributed by atoms with E-state index in [1.807, 2.05) is 0 Å². The minimum absolute atomic E-state index is 0.0362. The standard InChI is InChI=1S/C14H19NO4/c1-8(7-13(17)18)6-12(16)15-11-5-4-9(2)14(19)10(11)3/h4-5,8,19H,6-7H2,1-3H3,(H,15,16)(H,17,18). The van der Waals surface area contributed by atoms with Gasteiger partial charge in [-0.1, -0.05) is 13.0 Å². The van der Waals surface area contributed by atoms with Gasteiger partial charge in [-0.15, -0.1) is 0 Å². The van der Waals surface area contributed by atoms with Gasteiger partial charge in [0.25, 0.3) is 0 Å². The number of anilines is 1. The molecule has 0 fully saturated rings. The highest BCUT2D eigenvalue weighted by molar-refractivity contribution is 5.92. The smallest absolute Gasteiger partial charge is 0.303 e. The van der Waals surface area contributed by atoms with Gasteiger partial charge < -0.3 is 15.5 Å². The first-order chi connectivity index (χ1) is 8.81. The predicted octanol–water partition coefficient (Wildman–Crippen LogP) is 2.45. The Bertz CT molecular complexity index is 496. The normalized spacial score (nSPS) is 11.9. The van der Waals surface area contributed by atoms with Gasteiger partial charge in [-0.3, -0.25) is 9.59 Å². The average Bonchev–Trinajstić information content (AvgIpc) is 2.28. The van der Waals surface area contributed by atoms with E-state index in [4.69, 9.17) is 5.11 Å². The zero-order valence-electron chi connectivity index (χ0n) is 11.4. The maximum Gasteiger partial charge on any atom is 0.303 e. The molecule has 1 atom stereocenters. The SMILES string of the molecule is Cc1ccc(NC(=O)CC(C)CC(=O)O)c(C)c1O. The molecule has 0 saturated carbocycles. The van der Waals surface area contributed by atoms with E-state index in [9.17, 15) is 14.7 Å². The molecule has 0 aliphatic rings. The van der Waals surface area contributed by atoms with Crippen LogP contribution in [-0.2, 0) is 9.59 Å². The van der Waals surface area contributed by atoms with Gasteiger partial charge in [0.1, 0.15) is 5.75 Å². The number of amides is 1. The third-order valence-electron chi connectivity index (χ3n) is 2.96. The highest BCUT2D eigenvalue weighted by atomic mass is 16.4. The Labute approximate surface area is 112 Å².